The van der Waals surface area contributed by atoms with Crippen molar-refractivity contribution in [2.45, 2.75) is 32.1 Å². The van der Waals surface area contributed by atoms with Gasteiger partial charge in [-0.05, 0) is 37.7 Å². The van der Waals surface area contributed by atoms with Crippen LogP contribution in [0.25, 0.3) is 0 Å². The van der Waals surface area contributed by atoms with Gasteiger partial charge in [-0.1, -0.05) is 35.9 Å². The number of rotatable bonds is 6. The van der Waals surface area contributed by atoms with Gasteiger partial charge in [0.05, 0.1) is 12.5 Å². The van der Waals surface area contributed by atoms with Crippen LogP contribution in [0.1, 0.15) is 37.7 Å². The predicted octanol–water partition coefficient (Wildman–Crippen LogP) is 4.24. The predicted molar refractivity (Wildman–Crippen MR) is 67.8 cm³/mol. The van der Waals surface area contributed by atoms with E-state index in [1.807, 2.05) is 6.07 Å². The van der Waals surface area contributed by atoms with E-state index in [1.54, 1.807) is 6.42 Å². The van der Waals surface area contributed by atoms with Gasteiger partial charge in [-0.15, -0.1) is 6.58 Å². The van der Waals surface area contributed by atoms with Crippen molar-refractivity contribution >= 4 is 0 Å². The Bertz CT molecular complexity index is 359. The molecule has 1 rings (SSSR count). The van der Waals surface area contributed by atoms with Crippen molar-refractivity contribution in [3.63, 3.8) is 0 Å². The maximum absolute atomic E-state index is 8.62. The van der Waals surface area contributed by atoms with E-state index < -0.39 is 0 Å². The lowest BCUT2D eigenvalue weighted by Crippen LogP contribution is -1.99. The highest BCUT2D eigenvalue weighted by molar-refractivity contribution is 5.21. The fourth-order valence-corrected chi connectivity index (χ4v) is 1.76. The summed E-state index contributed by atoms with van der Waals surface area (Å²) in [4.78, 5) is 0. The Morgan fingerprint density at radius 2 is 2.12 bits per heavy atom. The SMILES string of the molecule is C=C(C)CCC(C[CH]C#N)c1ccccc1. The number of hydrogen-bond donors (Lipinski definition) is 0. The summed E-state index contributed by atoms with van der Waals surface area (Å²) in [6.45, 7) is 5.98. The van der Waals surface area contributed by atoms with Gasteiger partial charge in [-0.2, -0.15) is 5.26 Å². The van der Waals surface area contributed by atoms with Crippen LogP contribution in [-0.4, -0.2) is 0 Å². The van der Waals surface area contributed by atoms with E-state index in [0.29, 0.717) is 5.92 Å². The summed E-state index contributed by atoms with van der Waals surface area (Å²) in [5.41, 5.74) is 2.52. The molecule has 1 radical (unpaired) electrons. The molecule has 1 unspecified atom stereocenters. The first-order valence-electron chi connectivity index (χ1n) is 5.64. The molecule has 0 fully saturated rings. The largest absolute Gasteiger partial charge is 0.198 e. The van der Waals surface area contributed by atoms with Crippen LogP contribution in [-0.2, 0) is 0 Å². The molecule has 0 saturated heterocycles. The second kappa shape index (κ2) is 6.85. The van der Waals surface area contributed by atoms with Gasteiger partial charge in [0.15, 0.2) is 0 Å². The van der Waals surface area contributed by atoms with E-state index in [0.717, 1.165) is 19.3 Å². The highest BCUT2D eigenvalue weighted by atomic mass is 14.2. The molecule has 1 nitrogen and oxygen atoms in total. The third kappa shape index (κ3) is 4.31. The van der Waals surface area contributed by atoms with E-state index in [1.165, 1.54) is 11.1 Å². The molecule has 0 aliphatic heterocycles. The minimum Gasteiger partial charge on any atom is -0.198 e. The molecule has 16 heavy (non-hydrogen) atoms. The number of benzene rings is 1. The van der Waals surface area contributed by atoms with Gasteiger partial charge in [-0.25, -0.2) is 0 Å². The van der Waals surface area contributed by atoms with E-state index in [2.05, 4.69) is 43.8 Å². The summed E-state index contributed by atoms with van der Waals surface area (Å²) in [6.07, 6.45) is 4.61. The molecule has 1 atom stereocenters. The van der Waals surface area contributed by atoms with Crippen molar-refractivity contribution in [3.05, 3.63) is 54.5 Å². The molecule has 83 valence electrons. The van der Waals surface area contributed by atoms with Gasteiger partial charge >= 0.3 is 0 Å². The quantitative estimate of drug-likeness (QED) is 0.647. The van der Waals surface area contributed by atoms with Crippen LogP contribution in [0.15, 0.2) is 42.5 Å². The van der Waals surface area contributed by atoms with Gasteiger partial charge in [0.1, 0.15) is 0 Å². The molecule has 0 aliphatic rings. The second-order valence-electron chi connectivity index (χ2n) is 4.17. The molecule has 1 aromatic carbocycles. The zero-order valence-corrected chi connectivity index (χ0v) is 9.82. The summed E-state index contributed by atoms with van der Waals surface area (Å²) in [6, 6.07) is 12.5. The minimum absolute atomic E-state index is 0.442. The van der Waals surface area contributed by atoms with E-state index >= 15 is 0 Å². The molecule has 0 saturated carbocycles. The molecule has 0 aliphatic carbocycles. The van der Waals surface area contributed by atoms with Gasteiger partial charge < -0.3 is 0 Å². The number of nitrogens with zero attached hydrogens (tertiary/aromatic N) is 1. The highest BCUT2D eigenvalue weighted by Crippen LogP contribution is 2.26. The molecule has 1 heteroatoms. The van der Waals surface area contributed by atoms with Crippen molar-refractivity contribution in [3.8, 4) is 6.07 Å². The molecule has 0 aromatic heterocycles. The molecule has 0 heterocycles. The van der Waals surface area contributed by atoms with Crippen LogP contribution in [0.5, 0.6) is 0 Å². The zero-order valence-electron chi connectivity index (χ0n) is 9.82. The number of allylic oxidation sites excluding steroid dienone is 1. The maximum atomic E-state index is 8.62. The average Bonchev–Trinajstić information content (AvgIpc) is 2.30. The molecule has 0 N–H and O–H groups in total. The smallest absolute Gasteiger partial charge is 0.0669 e. The average molecular weight is 212 g/mol. The second-order valence-corrected chi connectivity index (χ2v) is 4.17. The lowest BCUT2D eigenvalue weighted by Gasteiger charge is -2.15. The van der Waals surface area contributed by atoms with E-state index in [-0.39, 0.29) is 0 Å². The van der Waals surface area contributed by atoms with Gasteiger partial charge in [0.2, 0.25) is 0 Å². The number of hydrogen-bond acceptors (Lipinski definition) is 1. The third-order valence-electron chi connectivity index (χ3n) is 2.68. The van der Waals surface area contributed by atoms with Gasteiger partial charge in [-0.3, -0.25) is 0 Å². The summed E-state index contributed by atoms with van der Waals surface area (Å²) in [7, 11) is 0. The molecule has 0 amide bonds. The first kappa shape index (κ1) is 12.5. The van der Waals surface area contributed by atoms with Crippen molar-refractivity contribution in [2.24, 2.45) is 0 Å². The lowest BCUT2D eigenvalue weighted by atomic mass is 9.89. The van der Waals surface area contributed by atoms with E-state index in [4.69, 9.17) is 5.26 Å². The molecular weight excluding hydrogens is 194 g/mol. The summed E-state index contributed by atoms with van der Waals surface area (Å²) in [5.74, 6) is 0.442. The third-order valence-corrected chi connectivity index (χ3v) is 2.68. The first-order valence-corrected chi connectivity index (χ1v) is 5.64. The topological polar surface area (TPSA) is 23.8 Å². The zero-order chi connectivity index (χ0) is 11.8. The fraction of sp³-hybridized carbons (Fsp3) is 0.333. The van der Waals surface area contributed by atoms with Gasteiger partial charge in [0, 0.05) is 0 Å². The standard InChI is InChI=1S/C15H18N/c1-13(2)10-11-15(9-6-12-16)14-7-4-3-5-8-14/h3-8,15H,1,9-11H2,2H3. The van der Waals surface area contributed by atoms with Crippen LogP contribution in [0.3, 0.4) is 0 Å². The molecular formula is C15H18N. The van der Waals surface area contributed by atoms with Crippen LogP contribution in [0.4, 0.5) is 0 Å². The van der Waals surface area contributed by atoms with Crippen LogP contribution in [0, 0.1) is 17.8 Å². The highest BCUT2D eigenvalue weighted by Gasteiger charge is 2.10. The van der Waals surface area contributed by atoms with Crippen LogP contribution >= 0.6 is 0 Å². The Morgan fingerprint density at radius 3 is 2.69 bits per heavy atom. The van der Waals surface area contributed by atoms with Crippen molar-refractivity contribution in [1.29, 1.82) is 5.26 Å². The summed E-state index contributed by atoms with van der Waals surface area (Å²) >= 11 is 0. The Kier molecular flexibility index (Phi) is 5.36. The fourth-order valence-electron chi connectivity index (χ4n) is 1.76. The van der Waals surface area contributed by atoms with Gasteiger partial charge in [0.25, 0.3) is 0 Å². The molecule has 1 aromatic rings. The normalized spacial score (nSPS) is 11.8. The maximum Gasteiger partial charge on any atom is 0.0669 e. The van der Waals surface area contributed by atoms with Crippen molar-refractivity contribution < 1.29 is 0 Å². The van der Waals surface area contributed by atoms with Crippen LogP contribution < -0.4 is 0 Å². The van der Waals surface area contributed by atoms with E-state index in [9.17, 15) is 0 Å². The Morgan fingerprint density at radius 1 is 1.44 bits per heavy atom. The number of nitriles is 1. The minimum atomic E-state index is 0.442. The summed E-state index contributed by atoms with van der Waals surface area (Å²) in [5, 5.41) is 8.62. The molecule has 0 bridgehead atoms. The Balaban J connectivity index is 2.64. The van der Waals surface area contributed by atoms with Crippen LogP contribution in [0.2, 0.25) is 0 Å². The summed E-state index contributed by atoms with van der Waals surface area (Å²) < 4.78 is 0. The van der Waals surface area contributed by atoms with Crippen molar-refractivity contribution in [1.82, 2.24) is 0 Å². The molecule has 0 spiro atoms. The Hall–Kier alpha value is -1.55. The van der Waals surface area contributed by atoms with Crippen molar-refractivity contribution in [2.75, 3.05) is 0 Å². The monoisotopic (exact) mass is 212 g/mol. The first-order chi connectivity index (χ1) is 7.74. The lowest BCUT2D eigenvalue weighted by molar-refractivity contribution is 0.620. The Labute approximate surface area is 98.4 Å².